The summed E-state index contributed by atoms with van der Waals surface area (Å²) >= 11 is 3.41. The number of anilines is 1. The van der Waals surface area contributed by atoms with Crippen LogP contribution in [0.1, 0.15) is 39.0 Å². The molecule has 2 aliphatic rings. The highest BCUT2D eigenvalue weighted by atomic mass is 79.9. The van der Waals surface area contributed by atoms with Crippen molar-refractivity contribution in [3.63, 3.8) is 0 Å². The van der Waals surface area contributed by atoms with Crippen LogP contribution in [0.4, 0.5) is 10.7 Å². The van der Waals surface area contributed by atoms with Crippen molar-refractivity contribution in [1.82, 2.24) is 14.9 Å². The molecule has 7 nitrogen and oxygen atoms in total. The van der Waals surface area contributed by atoms with E-state index < -0.39 is 6.09 Å². The molecule has 2 heterocycles. The molecule has 1 atom stereocenters. The van der Waals surface area contributed by atoms with Crippen molar-refractivity contribution in [3.8, 4) is 5.88 Å². The van der Waals surface area contributed by atoms with E-state index in [2.05, 4.69) is 38.1 Å². The first-order valence-electron chi connectivity index (χ1n) is 8.45. The number of hydrogen-bond acceptors (Lipinski definition) is 5. The molecule has 1 aliphatic carbocycles. The number of nitrogens with zero attached hydrogens (tertiary/aromatic N) is 3. The maximum atomic E-state index is 11.0. The van der Waals surface area contributed by atoms with Crippen LogP contribution in [0, 0.1) is 5.92 Å². The van der Waals surface area contributed by atoms with E-state index in [1.165, 1.54) is 17.7 Å². The number of ether oxygens (including phenoxy) is 1. The van der Waals surface area contributed by atoms with E-state index in [1.54, 1.807) is 6.20 Å². The van der Waals surface area contributed by atoms with Crippen molar-refractivity contribution in [3.05, 3.63) is 10.7 Å². The molecule has 2 N–H and O–H groups in total. The molecule has 3 rings (SSSR count). The molecule has 1 amide bonds. The zero-order chi connectivity index (χ0) is 17.1. The normalized spacial score (nSPS) is 27.1. The zero-order valence-electron chi connectivity index (χ0n) is 13.7. The van der Waals surface area contributed by atoms with Gasteiger partial charge in [-0.05, 0) is 47.5 Å². The summed E-state index contributed by atoms with van der Waals surface area (Å²) < 4.78 is 6.57. The topological polar surface area (TPSA) is 87.6 Å². The Hall–Kier alpha value is -1.57. The molecule has 132 valence electrons. The second kappa shape index (κ2) is 7.55. The number of carbonyl (C=O) groups is 1. The first kappa shape index (κ1) is 17.3. The van der Waals surface area contributed by atoms with Gasteiger partial charge in [0.05, 0.1) is 17.2 Å². The molecule has 1 aromatic heterocycles. The summed E-state index contributed by atoms with van der Waals surface area (Å²) in [6, 6.07) is 0.407. The molecule has 0 spiro atoms. The Morgan fingerprint density at radius 1 is 1.38 bits per heavy atom. The van der Waals surface area contributed by atoms with Gasteiger partial charge in [0.1, 0.15) is 6.10 Å². The van der Waals surface area contributed by atoms with Crippen LogP contribution in [-0.2, 0) is 0 Å². The number of carboxylic acid groups (broad SMARTS) is 1. The van der Waals surface area contributed by atoms with Gasteiger partial charge in [-0.3, -0.25) is 0 Å². The third-order valence-corrected chi connectivity index (χ3v) is 5.30. The summed E-state index contributed by atoms with van der Waals surface area (Å²) in [5.74, 6) is 1.84. The quantitative estimate of drug-likeness (QED) is 0.808. The van der Waals surface area contributed by atoms with Gasteiger partial charge >= 0.3 is 6.09 Å². The second-order valence-electron chi connectivity index (χ2n) is 6.70. The largest absolute Gasteiger partial charge is 0.471 e. The number of aromatic nitrogens is 2. The van der Waals surface area contributed by atoms with E-state index in [9.17, 15) is 4.79 Å². The van der Waals surface area contributed by atoms with Gasteiger partial charge in [0.15, 0.2) is 0 Å². The highest BCUT2D eigenvalue weighted by Gasteiger charge is 2.28. The Kier molecular flexibility index (Phi) is 5.43. The van der Waals surface area contributed by atoms with E-state index in [0.29, 0.717) is 41.9 Å². The van der Waals surface area contributed by atoms with Crippen molar-refractivity contribution >= 4 is 28.0 Å². The highest BCUT2D eigenvalue weighted by Crippen LogP contribution is 2.28. The van der Waals surface area contributed by atoms with Crippen LogP contribution < -0.4 is 10.1 Å². The summed E-state index contributed by atoms with van der Waals surface area (Å²) in [4.78, 5) is 21.1. The number of amides is 1. The van der Waals surface area contributed by atoms with Crippen molar-refractivity contribution in [2.75, 3.05) is 18.4 Å². The summed E-state index contributed by atoms with van der Waals surface area (Å²) in [6.45, 7) is 3.16. The third-order valence-electron chi connectivity index (χ3n) is 4.75. The average Bonchev–Trinajstić information content (AvgIpc) is 3.02. The lowest BCUT2D eigenvalue weighted by Crippen LogP contribution is -2.29. The minimum atomic E-state index is -0.906. The minimum absolute atomic E-state index is 0.171. The third kappa shape index (κ3) is 4.28. The Morgan fingerprint density at radius 3 is 2.79 bits per heavy atom. The molecule has 1 unspecified atom stereocenters. The molecular weight excluding hydrogens is 376 g/mol. The van der Waals surface area contributed by atoms with E-state index in [0.717, 1.165) is 18.8 Å². The molecule has 24 heavy (non-hydrogen) atoms. The van der Waals surface area contributed by atoms with Crippen molar-refractivity contribution in [1.29, 1.82) is 0 Å². The number of halogens is 1. The van der Waals surface area contributed by atoms with Gasteiger partial charge in [-0.15, -0.1) is 0 Å². The Labute approximate surface area is 149 Å². The Bertz CT molecular complexity index is 593. The predicted molar refractivity (Wildman–Crippen MR) is 93.4 cm³/mol. The molecule has 0 bridgehead atoms. The van der Waals surface area contributed by atoms with Crippen LogP contribution in [0.25, 0.3) is 0 Å². The Balaban J connectivity index is 1.61. The van der Waals surface area contributed by atoms with Gasteiger partial charge in [-0.2, -0.15) is 4.98 Å². The lowest BCUT2D eigenvalue weighted by atomic mass is 9.87. The molecule has 1 saturated heterocycles. The van der Waals surface area contributed by atoms with E-state index in [1.807, 2.05) is 0 Å². The maximum absolute atomic E-state index is 11.0. The first-order chi connectivity index (χ1) is 11.5. The van der Waals surface area contributed by atoms with Crippen LogP contribution in [0.2, 0.25) is 0 Å². The minimum Gasteiger partial charge on any atom is -0.471 e. The van der Waals surface area contributed by atoms with Crippen LogP contribution in [-0.4, -0.2) is 51.3 Å². The predicted octanol–water partition coefficient (Wildman–Crippen LogP) is 3.36. The van der Waals surface area contributed by atoms with Crippen LogP contribution >= 0.6 is 15.9 Å². The first-order valence-corrected chi connectivity index (χ1v) is 9.24. The molecule has 1 aromatic rings. The maximum Gasteiger partial charge on any atom is 0.407 e. The van der Waals surface area contributed by atoms with Gasteiger partial charge in [0.25, 0.3) is 0 Å². The smallest absolute Gasteiger partial charge is 0.407 e. The summed E-state index contributed by atoms with van der Waals surface area (Å²) in [6.07, 6.45) is 5.99. The van der Waals surface area contributed by atoms with Gasteiger partial charge in [-0.1, -0.05) is 6.92 Å². The van der Waals surface area contributed by atoms with Crippen LogP contribution in [0.3, 0.4) is 0 Å². The monoisotopic (exact) mass is 398 g/mol. The SMILES string of the molecule is CC1CCC(Nc2ncc(Br)c(OC3CCN(C(=O)O)C3)n2)CC1. The second-order valence-corrected chi connectivity index (χ2v) is 7.56. The molecule has 2 fully saturated rings. The van der Waals surface area contributed by atoms with Gasteiger partial charge in [0, 0.05) is 19.0 Å². The lowest BCUT2D eigenvalue weighted by Gasteiger charge is -2.27. The summed E-state index contributed by atoms with van der Waals surface area (Å²) in [7, 11) is 0. The summed E-state index contributed by atoms with van der Waals surface area (Å²) in [5, 5.41) is 12.4. The molecular formula is C16H23BrN4O3. The molecule has 8 heteroatoms. The standard InChI is InChI=1S/C16H23BrN4O3/c1-10-2-4-11(5-3-10)19-15-18-8-13(17)14(20-15)24-12-6-7-21(9-12)16(22)23/h8,10-12H,2-7,9H2,1H3,(H,22,23)(H,18,19,20). The fraction of sp³-hybridized carbons (Fsp3) is 0.688. The van der Waals surface area contributed by atoms with Gasteiger partial charge in [-0.25, -0.2) is 9.78 Å². The van der Waals surface area contributed by atoms with Crippen molar-refractivity contribution in [2.45, 2.75) is 51.2 Å². The van der Waals surface area contributed by atoms with E-state index in [4.69, 9.17) is 9.84 Å². The Morgan fingerprint density at radius 2 is 2.12 bits per heavy atom. The summed E-state index contributed by atoms with van der Waals surface area (Å²) in [5.41, 5.74) is 0. The van der Waals surface area contributed by atoms with E-state index >= 15 is 0 Å². The van der Waals surface area contributed by atoms with Gasteiger partial charge in [0.2, 0.25) is 11.8 Å². The number of hydrogen-bond donors (Lipinski definition) is 2. The number of nitrogens with one attached hydrogen (secondary N) is 1. The zero-order valence-corrected chi connectivity index (χ0v) is 15.3. The number of likely N-dealkylation sites (tertiary alicyclic amines) is 1. The highest BCUT2D eigenvalue weighted by molar-refractivity contribution is 9.10. The molecule has 0 aromatic carbocycles. The van der Waals surface area contributed by atoms with Crippen molar-refractivity contribution < 1.29 is 14.6 Å². The lowest BCUT2D eigenvalue weighted by molar-refractivity contribution is 0.144. The average molecular weight is 399 g/mol. The van der Waals surface area contributed by atoms with Crippen LogP contribution in [0.5, 0.6) is 5.88 Å². The van der Waals surface area contributed by atoms with E-state index in [-0.39, 0.29) is 6.10 Å². The molecule has 1 saturated carbocycles. The fourth-order valence-electron chi connectivity index (χ4n) is 3.25. The number of rotatable bonds is 4. The van der Waals surface area contributed by atoms with Gasteiger partial charge < -0.3 is 20.1 Å². The molecule has 1 aliphatic heterocycles. The van der Waals surface area contributed by atoms with Crippen LogP contribution in [0.15, 0.2) is 10.7 Å². The molecule has 0 radical (unpaired) electrons. The fourth-order valence-corrected chi connectivity index (χ4v) is 3.53. The van der Waals surface area contributed by atoms with Crippen molar-refractivity contribution in [2.24, 2.45) is 5.92 Å².